The standard InChI is InChI=1S/C19H18FN3O5/c20-15-9-8-14(23(26)27)11-16(15)21-18(24)17-7-4-10-22(17)19(25)28-12-13-5-2-1-3-6-13/h1-3,5-6,8-9,11,17H,4,7,10,12H2,(H,21,24). The van der Waals surface area contributed by atoms with Crippen LogP contribution in [0.3, 0.4) is 0 Å². The van der Waals surface area contributed by atoms with Crippen LogP contribution in [0.25, 0.3) is 0 Å². The maximum Gasteiger partial charge on any atom is 0.410 e. The van der Waals surface area contributed by atoms with Crippen LogP contribution in [0.4, 0.5) is 20.6 Å². The SMILES string of the molecule is O=C(Nc1cc([N+](=O)[O-])ccc1F)C1CCCN1C(=O)OCc1ccccc1. The zero-order valence-corrected chi connectivity index (χ0v) is 14.8. The smallest absolute Gasteiger partial charge is 0.410 e. The monoisotopic (exact) mass is 387 g/mol. The van der Waals surface area contributed by atoms with E-state index in [2.05, 4.69) is 5.32 Å². The minimum Gasteiger partial charge on any atom is -0.445 e. The zero-order valence-electron chi connectivity index (χ0n) is 14.8. The Labute approximate surface area is 160 Å². The van der Waals surface area contributed by atoms with Crippen LogP contribution >= 0.6 is 0 Å². The summed E-state index contributed by atoms with van der Waals surface area (Å²) in [5.74, 6) is -1.41. The molecule has 8 nitrogen and oxygen atoms in total. The molecule has 0 bridgehead atoms. The van der Waals surface area contributed by atoms with Gasteiger partial charge in [-0.15, -0.1) is 0 Å². The lowest BCUT2D eigenvalue weighted by atomic mass is 10.2. The molecule has 0 aromatic heterocycles. The number of carbonyl (C=O) groups is 2. The topological polar surface area (TPSA) is 102 Å². The Morgan fingerprint density at radius 3 is 2.71 bits per heavy atom. The number of nitro benzene ring substituents is 1. The Morgan fingerprint density at radius 2 is 2.00 bits per heavy atom. The number of likely N-dealkylation sites (tertiary alicyclic amines) is 1. The van der Waals surface area contributed by atoms with E-state index in [4.69, 9.17) is 4.74 Å². The maximum absolute atomic E-state index is 13.9. The molecule has 28 heavy (non-hydrogen) atoms. The van der Waals surface area contributed by atoms with Gasteiger partial charge in [-0.2, -0.15) is 0 Å². The number of benzene rings is 2. The van der Waals surface area contributed by atoms with Crippen LogP contribution in [-0.4, -0.2) is 34.4 Å². The van der Waals surface area contributed by atoms with Crippen LogP contribution < -0.4 is 5.32 Å². The van der Waals surface area contributed by atoms with Gasteiger partial charge >= 0.3 is 6.09 Å². The second kappa shape index (κ2) is 8.47. The molecule has 1 heterocycles. The van der Waals surface area contributed by atoms with Gasteiger partial charge in [-0.3, -0.25) is 19.8 Å². The molecule has 0 spiro atoms. The van der Waals surface area contributed by atoms with Gasteiger partial charge < -0.3 is 10.1 Å². The van der Waals surface area contributed by atoms with E-state index in [0.717, 1.165) is 23.8 Å². The first-order valence-corrected chi connectivity index (χ1v) is 8.68. The van der Waals surface area contributed by atoms with E-state index in [-0.39, 0.29) is 18.0 Å². The molecular formula is C19H18FN3O5. The number of hydrogen-bond acceptors (Lipinski definition) is 5. The number of non-ortho nitro benzene ring substituents is 1. The number of halogens is 1. The third kappa shape index (κ3) is 4.43. The van der Waals surface area contributed by atoms with E-state index in [9.17, 15) is 24.1 Å². The molecule has 1 aliphatic heterocycles. The van der Waals surface area contributed by atoms with E-state index >= 15 is 0 Å². The number of rotatable bonds is 5. The van der Waals surface area contributed by atoms with E-state index in [1.807, 2.05) is 30.3 Å². The molecule has 2 aromatic carbocycles. The highest BCUT2D eigenvalue weighted by Gasteiger charge is 2.35. The summed E-state index contributed by atoms with van der Waals surface area (Å²) in [5, 5.41) is 13.2. The minimum absolute atomic E-state index is 0.0734. The quantitative estimate of drug-likeness (QED) is 0.625. The summed E-state index contributed by atoms with van der Waals surface area (Å²) in [6.07, 6.45) is 0.347. The molecule has 1 unspecified atom stereocenters. The Balaban J connectivity index is 1.65. The lowest BCUT2D eigenvalue weighted by Crippen LogP contribution is -2.43. The molecule has 1 saturated heterocycles. The zero-order chi connectivity index (χ0) is 20.1. The molecule has 0 saturated carbocycles. The summed E-state index contributed by atoms with van der Waals surface area (Å²) in [6, 6.07) is 11.1. The molecule has 0 aliphatic carbocycles. The lowest BCUT2D eigenvalue weighted by molar-refractivity contribution is -0.384. The van der Waals surface area contributed by atoms with E-state index in [1.54, 1.807) is 0 Å². The van der Waals surface area contributed by atoms with E-state index in [1.165, 1.54) is 4.90 Å². The second-order valence-corrected chi connectivity index (χ2v) is 6.30. The number of nitro groups is 1. The maximum atomic E-state index is 13.9. The van der Waals surface area contributed by atoms with Crippen LogP contribution in [0.2, 0.25) is 0 Å². The Morgan fingerprint density at radius 1 is 1.25 bits per heavy atom. The van der Waals surface area contributed by atoms with Gasteiger partial charge in [0.2, 0.25) is 5.91 Å². The highest BCUT2D eigenvalue weighted by molar-refractivity contribution is 5.97. The van der Waals surface area contributed by atoms with Gasteiger partial charge in [0.15, 0.2) is 0 Å². The number of ether oxygens (including phenoxy) is 1. The van der Waals surface area contributed by atoms with Crippen LogP contribution in [0.5, 0.6) is 0 Å². The molecule has 9 heteroatoms. The van der Waals surface area contributed by atoms with Crippen molar-refractivity contribution in [3.8, 4) is 0 Å². The fourth-order valence-corrected chi connectivity index (χ4v) is 3.00. The second-order valence-electron chi connectivity index (χ2n) is 6.30. The summed E-state index contributed by atoms with van der Waals surface area (Å²) in [6.45, 7) is 0.410. The highest BCUT2D eigenvalue weighted by Crippen LogP contribution is 2.24. The van der Waals surface area contributed by atoms with Crippen molar-refractivity contribution >= 4 is 23.4 Å². The summed E-state index contributed by atoms with van der Waals surface area (Å²) in [4.78, 5) is 36.3. The van der Waals surface area contributed by atoms with Crippen LogP contribution in [0.1, 0.15) is 18.4 Å². The van der Waals surface area contributed by atoms with Gasteiger partial charge in [0.05, 0.1) is 10.6 Å². The molecule has 2 aromatic rings. The summed E-state index contributed by atoms with van der Waals surface area (Å²) >= 11 is 0. The molecule has 1 aliphatic rings. The molecule has 1 fully saturated rings. The van der Waals surface area contributed by atoms with Gasteiger partial charge in [-0.1, -0.05) is 30.3 Å². The fourth-order valence-electron chi connectivity index (χ4n) is 3.00. The van der Waals surface area contributed by atoms with Crippen molar-refractivity contribution in [1.29, 1.82) is 0 Å². The number of amides is 2. The van der Waals surface area contributed by atoms with Crippen molar-refractivity contribution in [3.05, 3.63) is 70.0 Å². The Kier molecular flexibility index (Phi) is 5.83. The minimum atomic E-state index is -0.832. The third-order valence-electron chi connectivity index (χ3n) is 4.41. The van der Waals surface area contributed by atoms with Crippen LogP contribution in [-0.2, 0) is 16.1 Å². The average Bonchev–Trinajstić information content (AvgIpc) is 3.18. The molecule has 3 rings (SSSR count). The fraction of sp³-hybridized carbons (Fsp3) is 0.263. The Bertz CT molecular complexity index is 890. The number of nitrogens with zero attached hydrogens (tertiary/aromatic N) is 2. The van der Waals surface area contributed by atoms with Gasteiger partial charge in [0, 0.05) is 18.7 Å². The normalized spacial score (nSPS) is 15.9. The first-order chi connectivity index (χ1) is 13.5. The van der Waals surface area contributed by atoms with E-state index in [0.29, 0.717) is 19.4 Å². The molecule has 146 valence electrons. The van der Waals surface area contributed by atoms with Crippen molar-refractivity contribution in [2.24, 2.45) is 0 Å². The average molecular weight is 387 g/mol. The predicted molar refractivity (Wildman–Crippen MR) is 98.0 cm³/mol. The number of hydrogen-bond donors (Lipinski definition) is 1. The first-order valence-electron chi connectivity index (χ1n) is 8.68. The number of carbonyl (C=O) groups excluding carboxylic acids is 2. The highest BCUT2D eigenvalue weighted by atomic mass is 19.1. The van der Waals surface area contributed by atoms with Gasteiger partial charge in [-0.25, -0.2) is 9.18 Å². The number of nitrogens with one attached hydrogen (secondary N) is 1. The van der Waals surface area contributed by atoms with Crippen LogP contribution in [0, 0.1) is 15.9 Å². The molecule has 1 N–H and O–H groups in total. The van der Waals surface area contributed by atoms with Gasteiger partial charge in [-0.05, 0) is 24.5 Å². The van der Waals surface area contributed by atoms with Crippen molar-refractivity contribution in [2.75, 3.05) is 11.9 Å². The summed E-state index contributed by atoms with van der Waals surface area (Å²) in [7, 11) is 0. The molecular weight excluding hydrogens is 369 g/mol. The molecule has 2 amide bonds. The van der Waals surface area contributed by atoms with Crippen molar-refractivity contribution in [2.45, 2.75) is 25.5 Å². The summed E-state index contributed by atoms with van der Waals surface area (Å²) in [5.41, 5.74) is 0.167. The van der Waals surface area contributed by atoms with Gasteiger partial charge in [0.1, 0.15) is 18.5 Å². The number of anilines is 1. The third-order valence-corrected chi connectivity index (χ3v) is 4.41. The summed E-state index contributed by atoms with van der Waals surface area (Å²) < 4.78 is 19.2. The van der Waals surface area contributed by atoms with Crippen LogP contribution in [0.15, 0.2) is 48.5 Å². The van der Waals surface area contributed by atoms with E-state index < -0.39 is 28.8 Å². The molecule has 1 atom stereocenters. The van der Waals surface area contributed by atoms with Crippen molar-refractivity contribution in [3.63, 3.8) is 0 Å². The lowest BCUT2D eigenvalue weighted by Gasteiger charge is -2.23. The van der Waals surface area contributed by atoms with Crippen molar-refractivity contribution in [1.82, 2.24) is 4.90 Å². The molecule has 0 radical (unpaired) electrons. The Hall–Kier alpha value is -3.49. The predicted octanol–water partition coefficient (Wildman–Crippen LogP) is 3.47. The van der Waals surface area contributed by atoms with Crippen molar-refractivity contribution < 1.29 is 23.6 Å². The first kappa shape index (κ1) is 19.3. The largest absolute Gasteiger partial charge is 0.445 e. The van der Waals surface area contributed by atoms with Gasteiger partial charge in [0.25, 0.3) is 5.69 Å².